The minimum atomic E-state index is 0.214. The van der Waals surface area contributed by atoms with Gasteiger partial charge >= 0.3 is 0 Å². The van der Waals surface area contributed by atoms with Gasteiger partial charge in [0.2, 0.25) is 0 Å². The standard InChI is InChI=1S/C13H25N5S/c1-10(2)8-14-11(3)13-15-16-17-18(13)9-12-6-4-5-7-19-12/h10-12,14H,4-9H2,1-3H3. The van der Waals surface area contributed by atoms with E-state index >= 15 is 0 Å². The fourth-order valence-electron chi connectivity index (χ4n) is 2.30. The molecule has 0 aromatic carbocycles. The normalized spacial score (nSPS) is 21.8. The zero-order valence-electron chi connectivity index (χ0n) is 12.2. The molecule has 1 fully saturated rings. The van der Waals surface area contributed by atoms with Crippen molar-refractivity contribution in [2.24, 2.45) is 5.92 Å². The van der Waals surface area contributed by atoms with E-state index in [9.17, 15) is 0 Å². The van der Waals surface area contributed by atoms with Crippen molar-refractivity contribution < 1.29 is 0 Å². The summed E-state index contributed by atoms with van der Waals surface area (Å²) in [7, 11) is 0. The summed E-state index contributed by atoms with van der Waals surface area (Å²) >= 11 is 2.06. The van der Waals surface area contributed by atoms with Crippen molar-refractivity contribution >= 4 is 11.8 Å². The molecule has 0 spiro atoms. The molecule has 1 N–H and O–H groups in total. The van der Waals surface area contributed by atoms with Gasteiger partial charge in [-0.2, -0.15) is 11.8 Å². The van der Waals surface area contributed by atoms with E-state index in [1.165, 1.54) is 25.0 Å². The summed E-state index contributed by atoms with van der Waals surface area (Å²) in [4.78, 5) is 0. The molecule has 108 valence electrons. The average molecular weight is 283 g/mol. The number of tetrazole rings is 1. The number of aromatic nitrogens is 4. The van der Waals surface area contributed by atoms with Gasteiger partial charge in [-0.05, 0) is 48.4 Å². The van der Waals surface area contributed by atoms with Crippen LogP contribution in [0.15, 0.2) is 0 Å². The lowest BCUT2D eigenvalue weighted by molar-refractivity contribution is 0.444. The maximum atomic E-state index is 4.19. The van der Waals surface area contributed by atoms with Crippen molar-refractivity contribution in [3.05, 3.63) is 5.82 Å². The molecule has 6 heteroatoms. The number of hydrogen-bond donors (Lipinski definition) is 1. The quantitative estimate of drug-likeness (QED) is 0.868. The highest BCUT2D eigenvalue weighted by Crippen LogP contribution is 2.26. The molecule has 0 bridgehead atoms. The van der Waals surface area contributed by atoms with Crippen LogP contribution in [0.4, 0.5) is 0 Å². The Morgan fingerprint density at radius 1 is 1.37 bits per heavy atom. The lowest BCUT2D eigenvalue weighted by atomic mass is 10.2. The summed E-state index contributed by atoms with van der Waals surface area (Å²) in [6.07, 6.45) is 3.99. The van der Waals surface area contributed by atoms with Crippen molar-refractivity contribution in [2.75, 3.05) is 12.3 Å². The number of rotatable bonds is 6. The van der Waals surface area contributed by atoms with Gasteiger partial charge in [0, 0.05) is 5.25 Å². The van der Waals surface area contributed by atoms with Crippen LogP contribution in [0.1, 0.15) is 51.9 Å². The van der Waals surface area contributed by atoms with Gasteiger partial charge in [-0.25, -0.2) is 4.68 Å². The van der Waals surface area contributed by atoms with E-state index in [0.29, 0.717) is 11.2 Å². The molecule has 2 unspecified atom stereocenters. The van der Waals surface area contributed by atoms with Gasteiger partial charge in [0.1, 0.15) is 0 Å². The minimum Gasteiger partial charge on any atom is -0.307 e. The maximum Gasteiger partial charge on any atom is 0.167 e. The molecule has 0 saturated carbocycles. The first kappa shape index (κ1) is 14.8. The molecule has 2 rings (SSSR count). The first-order valence-corrected chi connectivity index (χ1v) is 8.32. The van der Waals surface area contributed by atoms with E-state index in [2.05, 4.69) is 53.4 Å². The lowest BCUT2D eigenvalue weighted by Crippen LogP contribution is -2.27. The zero-order chi connectivity index (χ0) is 13.7. The molecule has 1 aromatic rings. The summed E-state index contributed by atoms with van der Waals surface area (Å²) in [6, 6.07) is 0.214. The predicted octanol–water partition coefficient (Wildman–Crippen LogP) is 2.27. The molecule has 0 amide bonds. The van der Waals surface area contributed by atoms with Gasteiger partial charge in [-0.1, -0.05) is 20.3 Å². The molecular formula is C13H25N5S. The van der Waals surface area contributed by atoms with Crippen molar-refractivity contribution in [3.63, 3.8) is 0 Å². The van der Waals surface area contributed by atoms with Crippen LogP contribution in [0.25, 0.3) is 0 Å². The third-order valence-electron chi connectivity index (χ3n) is 3.43. The average Bonchev–Trinajstić information content (AvgIpc) is 2.85. The fraction of sp³-hybridized carbons (Fsp3) is 0.923. The van der Waals surface area contributed by atoms with E-state index < -0.39 is 0 Å². The van der Waals surface area contributed by atoms with Crippen LogP contribution < -0.4 is 5.32 Å². The van der Waals surface area contributed by atoms with Crippen LogP contribution in [0.3, 0.4) is 0 Å². The number of hydrogen-bond acceptors (Lipinski definition) is 5. The molecule has 2 atom stereocenters. The molecule has 0 aliphatic carbocycles. The Bertz CT molecular complexity index is 373. The Balaban J connectivity index is 1.92. The number of nitrogens with zero attached hydrogens (tertiary/aromatic N) is 4. The zero-order valence-corrected chi connectivity index (χ0v) is 13.0. The number of thioether (sulfide) groups is 1. The van der Waals surface area contributed by atoms with Crippen LogP contribution >= 0.6 is 11.8 Å². The van der Waals surface area contributed by atoms with Crippen molar-refractivity contribution in [3.8, 4) is 0 Å². The lowest BCUT2D eigenvalue weighted by Gasteiger charge is -2.22. The smallest absolute Gasteiger partial charge is 0.167 e. The van der Waals surface area contributed by atoms with Gasteiger partial charge in [0.05, 0.1) is 12.6 Å². The number of nitrogens with one attached hydrogen (secondary N) is 1. The molecule has 1 aliphatic heterocycles. The Hall–Kier alpha value is -0.620. The molecule has 19 heavy (non-hydrogen) atoms. The van der Waals surface area contributed by atoms with Crippen LogP contribution in [0.5, 0.6) is 0 Å². The van der Waals surface area contributed by atoms with Crippen LogP contribution in [0, 0.1) is 5.92 Å². The van der Waals surface area contributed by atoms with E-state index in [1.54, 1.807) is 0 Å². The third-order valence-corrected chi connectivity index (χ3v) is 4.81. The molecule has 0 radical (unpaired) electrons. The summed E-state index contributed by atoms with van der Waals surface area (Å²) in [5.41, 5.74) is 0. The van der Waals surface area contributed by atoms with E-state index in [1.807, 2.05) is 4.68 Å². The monoisotopic (exact) mass is 283 g/mol. The van der Waals surface area contributed by atoms with Crippen LogP contribution in [-0.2, 0) is 6.54 Å². The molecule has 2 heterocycles. The van der Waals surface area contributed by atoms with Gasteiger partial charge in [-0.15, -0.1) is 5.10 Å². The van der Waals surface area contributed by atoms with E-state index in [0.717, 1.165) is 18.9 Å². The van der Waals surface area contributed by atoms with Crippen LogP contribution in [0.2, 0.25) is 0 Å². The maximum absolute atomic E-state index is 4.19. The second kappa shape index (κ2) is 7.24. The Morgan fingerprint density at radius 2 is 2.21 bits per heavy atom. The van der Waals surface area contributed by atoms with Crippen molar-refractivity contribution in [2.45, 2.75) is 57.9 Å². The summed E-state index contributed by atoms with van der Waals surface area (Å²) in [5, 5.41) is 16.4. The molecule has 1 saturated heterocycles. The second-order valence-corrected chi connectivity index (χ2v) is 7.14. The highest BCUT2D eigenvalue weighted by Gasteiger charge is 2.19. The minimum absolute atomic E-state index is 0.214. The van der Waals surface area contributed by atoms with Crippen molar-refractivity contribution in [1.29, 1.82) is 0 Å². The Morgan fingerprint density at radius 3 is 2.89 bits per heavy atom. The summed E-state index contributed by atoms with van der Waals surface area (Å²) in [5.74, 6) is 2.89. The van der Waals surface area contributed by atoms with Gasteiger partial charge < -0.3 is 5.32 Å². The van der Waals surface area contributed by atoms with Gasteiger partial charge in [0.25, 0.3) is 0 Å². The van der Waals surface area contributed by atoms with Gasteiger partial charge in [0.15, 0.2) is 5.82 Å². The predicted molar refractivity (Wildman–Crippen MR) is 79.2 cm³/mol. The Labute approximate surface area is 119 Å². The molecular weight excluding hydrogens is 258 g/mol. The first-order valence-electron chi connectivity index (χ1n) is 7.28. The molecule has 5 nitrogen and oxygen atoms in total. The topological polar surface area (TPSA) is 55.6 Å². The fourth-order valence-corrected chi connectivity index (χ4v) is 3.58. The van der Waals surface area contributed by atoms with E-state index in [4.69, 9.17) is 0 Å². The Kier molecular flexibility index (Phi) is 5.63. The van der Waals surface area contributed by atoms with Crippen molar-refractivity contribution in [1.82, 2.24) is 25.5 Å². The van der Waals surface area contributed by atoms with Crippen LogP contribution in [-0.4, -0.2) is 37.8 Å². The largest absolute Gasteiger partial charge is 0.307 e. The first-order chi connectivity index (χ1) is 9.16. The summed E-state index contributed by atoms with van der Waals surface area (Å²) < 4.78 is 1.99. The SMILES string of the molecule is CC(C)CNC(C)c1nnnn1CC1CCCCS1. The van der Waals surface area contributed by atoms with Gasteiger partial charge in [-0.3, -0.25) is 0 Å². The highest BCUT2D eigenvalue weighted by molar-refractivity contribution is 7.99. The third kappa shape index (κ3) is 4.45. The molecule has 1 aromatic heterocycles. The summed E-state index contributed by atoms with van der Waals surface area (Å²) in [6.45, 7) is 8.49. The second-order valence-electron chi connectivity index (χ2n) is 5.73. The molecule has 1 aliphatic rings. The highest BCUT2D eigenvalue weighted by atomic mass is 32.2. The van der Waals surface area contributed by atoms with E-state index in [-0.39, 0.29) is 6.04 Å².